The van der Waals surface area contributed by atoms with E-state index in [0.29, 0.717) is 11.7 Å². The molecular formula is C9H21NO2S. The maximum Gasteiger partial charge on any atom is 0.152 e. The van der Waals surface area contributed by atoms with Crippen LogP contribution in [0.1, 0.15) is 33.6 Å². The van der Waals surface area contributed by atoms with Crippen molar-refractivity contribution in [2.24, 2.45) is 11.7 Å². The lowest BCUT2D eigenvalue weighted by atomic mass is 10.1. The van der Waals surface area contributed by atoms with Gasteiger partial charge >= 0.3 is 0 Å². The summed E-state index contributed by atoms with van der Waals surface area (Å²) in [6, 6.07) is -0.251. The van der Waals surface area contributed by atoms with E-state index in [2.05, 4.69) is 0 Å². The molecule has 0 amide bonds. The van der Waals surface area contributed by atoms with E-state index in [9.17, 15) is 8.42 Å². The first-order chi connectivity index (χ1) is 5.91. The Hall–Kier alpha value is -0.0900. The molecule has 0 aromatic rings. The van der Waals surface area contributed by atoms with Gasteiger partial charge < -0.3 is 5.73 Å². The first-order valence-corrected chi connectivity index (χ1v) is 6.69. The Morgan fingerprint density at radius 1 is 1.15 bits per heavy atom. The highest BCUT2D eigenvalue weighted by Gasteiger charge is 2.17. The monoisotopic (exact) mass is 207 g/mol. The van der Waals surface area contributed by atoms with Gasteiger partial charge in [0.1, 0.15) is 0 Å². The summed E-state index contributed by atoms with van der Waals surface area (Å²) in [5.41, 5.74) is 5.46. The Bertz CT molecular complexity index is 218. The summed E-state index contributed by atoms with van der Waals surface area (Å²) in [5.74, 6) is 0.703. The van der Waals surface area contributed by atoms with E-state index >= 15 is 0 Å². The van der Waals surface area contributed by atoms with Gasteiger partial charge in [-0.3, -0.25) is 0 Å². The Morgan fingerprint density at radius 2 is 1.62 bits per heavy atom. The van der Waals surface area contributed by atoms with Crippen molar-refractivity contribution in [3.05, 3.63) is 0 Å². The van der Waals surface area contributed by atoms with Gasteiger partial charge in [0.2, 0.25) is 0 Å². The van der Waals surface area contributed by atoms with E-state index < -0.39 is 9.84 Å². The first kappa shape index (κ1) is 12.9. The standard InChI is InChI=1S/C9H21NO2S/c1-4-9(5-2)7-13(11,12)6-8(3)10/h8-9H,4-7,10H2,1-3H3. The molecule has 4 heteroatoms. The fraction of sp³-hybridized carbons (Fsp3) is 1.00. The lowest BCUT2D eigenvalue weighted by molar-refractivity contribution is 0.521. The van der Waals surface area contributed by atoms with Gasteiger partial charge in [0.25, 0.3) is 0 Å². The number of sulfone groups is 1. The quantitative estimate of drug-likeness (QED) is 0.711. The van der Waals surface area contributed by atoms with E-state index in [0.717, 1.165) is 12.8 Å². The van der Waals surface area contributed by atoms with Gasteiger partial charge in [-0.1, -0.05) is 26.7 Å². The zero-order valence-corrected chi connectivity index (χ0v) is 9.60. The van der Waals surface area contributed by atoms with Crippen LogP contribution in [-0.4, -0.2) is 26.0 Å². The molecule has 13 heavy (non-hydrogen) atoms. The third-order valence-corrected chi connectivity index (χ3v) is 4.17. The van der Waals surface area contributed by atoms with Gasteiger partial charge in [0.15, 0.2) is 9.84 Å². The molecule has 0 aliphatic rings. The summed E-state index contributed by atoms with van der Waals surface area (Å²) in [4.78, 5) is 0. The summed E-state index contributed by atoms with van der Waals surface area (Å²) < 4.78 is 23.0. The van der Waals surface area contributed by atoms with Crippen LogP contribution in [0, 0.1) is 5.92 Å². The highest BCUT2D eigenvalue weighted by molar-refractivity contribution is 7.91. The lowest BCUT2D eigenvalue weighted by Crippen LogP contribution is -2.29. The van der Waals surface area contributed by atoms with Gasteiger partial charge in [-0.2, -0.15) is 0 Å². The molecule has 1 unspecified atom stereocenters. The van der Waals surface area contributed by atoms with Crippen LogP contribution >= 0.6 is 0 Å². The second kappa shape index (κ2) is 5.60. The molecule has 0 spiro atoms. The largest absolute Gasteiger partial charge is 0.327 e. The average molecular weight is 207 g/mol. The predicted molar refractivity (Wildman–Crippen MR) is 56.4 cm³/mol. The second-order valence-electron chi connectivity index (χ2n) is 3.74. The number of rotatable bonds is 6. The molecule has 0 heterocycles. The predicted octanol–water partition coefficient (Wildman–Crippen LogP) is 1.18. The van der Waals surface area contributed by atoms with E-state index in [-0.39, 0.29) is 11.8 Å². The summed E-state index contributed by atoms with van der Waals surface area (Å²) >= 11 is 0. The molecule has 0 radical (unpaired) electrons. The van der Waals surface area contributed by atoms with E-state index in [1.165, 1.54) is 0 Å². The van der Waals surface area contributed by atoms with Crippen LogP contribution in [0.15, 0.2) is 0 Å². The van der Waals surface area contributed by atoms with Crippen molar-refractivity contribution in [2.45, 2.75) is 39.7 Å². The van der Waals surface area contributed by atoms with Crippen LogP contribution in [0.5, 0.6) is 0 Å². The van der Waals surface area contributed by atoms with E-state index in [4.69, 9.17) is 5.73 Å². The molecular weight excluding hydrogens is 186 g/mol. The fourth-order valence-electron chi connectivity index (χ4n) is 1.35. The van der Waals surface area contributed by atoms with Crippen molar-refractivity contribution < 1.29 is 8.42 Å². The van der Waals surface area contributed by atoms with E-state index in [1.54, 1.807) is 6.92 Å². The van der Waals surface area contributed by atoms with Gasteiger partial charge in [-0.05, 0) is 12.8 Å². The van der Waals surface area contributed by atoms with Crippen molar-refractivity contribution in [1.29, 1.82) is 0 Å². The molecule has 0 aliphatic carbocycles. The summed E-state index contributed by atoms with van der Waals surface area (Å²) in [7, 11) is -2.93. The molecule has 80 valence electrons. The number of hydrogen-bond donors (Lipinski definition) is 1. The minimum absolute atomic E-state index is 0.115. The lowest BCUT2D eigenvalue weighted by Gasteiger charge is -2.13. The van der Waals surface area contributed by atoms with Crippen LogP contribution in [0.2, 0.25) is 0 Å². The number of hydrogen-bond acceptors (Lipinski definition) is 3. The SMILES string of the molecule is CCC(CC)CS(=O)(=O)CC(C)N. The normalized spacial score (nSPS) is 14.8. The molecule has 0 fully saturated rings. The van der Waals surface area contributed by atoms with Gasteiger partial charge in [0, 0.05) is 6.04 Å². The van der Waals surface area contributed by atoms with Crippen molar-refractivity contribution in [3.63, 3.8) is 0 Å². The zero-order chi connectivity index (χ0) is 10.5. The Kier molecular flexibility index (Phi) is 5.56. The Balaban J connectivity index is 4.16. The van der Waals surface area contributed by atoms with Crippen LogP contribution in [-0.2, 0) is 9.84 Å². The molecule has 0 aromatic heterocycles. The molecule has 0 saturated heterocycles. The van der Waals surface area contributed by atoms with Gasteiger partial charge in [0.05, 0.1) is 11.5 Å². The van der Waals surface area contributed by atoms with Crippen molar-refractivity contribution in [2.75, 3.05) is 11.5 Å². The second-order valence-corrected chi connectivity index (χ2v) is 5.89. The van der Waals surface area contributed by atoms with Crippen LogP contribution in [0.3, 0.4) is 0 Å². The minimum Gasteiger partial charge on any atom is -0.327 e. The zero-order valence-electron chi connectivity index (χ0n) is 8.79. The molecule has 0 rings (SSSR count). The third-order valence-electron chi connectivity index (χ3n) is 2.16. The van der Waals surface area contributed by atoms with Crippen molar-refractivity contribution in [1.82, 2.24) is 0 Å². The Labute approximate surface area is 81.6 Å². The van der Waals surface area contributed by atoms with Crippen molar-refractivity contribution in [3.8, 4) is 0 Å². The third kappa shape index (κ3) is 6.05. The van der Waals surface area contributed by atoms with E-state index in [1.807, 2.05) is 13.8 Å². The Morgan fingerprint density at radius 3 is 1.92 bits per heavy atom. The van der Waals surface area contributed by atoms with Crippen molar-refractivity contribution >= 4 is 9.84 Å². The first-order valence-electron chi connectivity index (χ1n) is 4.87. The number of nitrogens with two attached hydrogens (primary N) is 1. The smallest absolute Gasteiger partial charge is 0.152 e. The molecule has 0 aliphatic heterocycles. The molecule has 0 aromatic carbocycles. The van der Waals surface area contributed by atoms with Gasteiger partial charge in [-0.15, -0.1) is 0 Å². The highest BCUT2D eigenvalue weighted by Crippen LogP contribution is 2.11. The minimum atomic E-state index is -2.93. The maximum absolute atomic E-state index is 11.5. The summed E-state index contributed by atoms with van der Waals surface area (Å²) in [6.45, 7) is 5.77. The maximum atomic E-state index is 11.5. The van der Waals surface area contributed by atoms with Crippen LogP contribution in [0.4, 0.5) is 0 Å². The average Bonchev–Trinajstić information content (AvgIpc) is 1.97. The topological polar surface area (TPSA) is 60.2 Å². The molecule has 2 N–H and O–H groups in total. The van der Waals surface area contributed by atoms with Gasteiger partial charge in [-0.25, -0.2) is 8.42 Å². The highest BCUT2D eigenvalue weighted by atomic mass is 32.2. The molecule has 3 nitrogen and oxygen atoms in total. The molecule has 0 saturated carbocycles. The summed E-state index contributed by atoms with van der Waals surface area (Å²) in [6.07, 6.45) is 1.85. The van der Waals surface area contributed by atoms with Crippen LogP contribution in [0.25, 0.3) is 0 Å². The molecule has 1 atom stereocenters. The molecule has 0 bridgehead atoms. The summed E-state index contributed by atoms with van der Waals surface area (Å²) in [5, 5.41) is 0. The fourth-order valence-corrected chi connectivity index (χ4v) is 3.48. The van der Waals surface area contributed by atoms with Crippen LogP contribution < -0.4 is 5.73 Å².